The van der Waals surface area contributed by atoms with Gasteiger partial charge in [-0.3, -0.25) is 4.72 Å². The molecule has 0 spiro atoms. The average Bonchev–Trinajstić information content (AvgIpc) is 2.85. The Morgan fingerprint density at radius 2 is 1.69 bits per heavy atom. The highest BCUT2D eigenvalue weighted by atomic mass is 35.5. The molecule has 1 heterocycles. The van der Waals surface area contributed by atoms with Crippen molar-refractivity contribution in [1.29, 1.82) is 0 Å². The van der Waals surface area contributed by atoms with Crippen molar-refractivity contribution in [3.63, 3.8) is 0 Å². The van der Waals surface area contributed by atoms with Crippen molar-refractivity contribution in [2.24, 2.45) is 0 Å². The van der Waals surface area contributed by atoms with Gasteiger partial charge in [0.1, 0.15) is 0 Å². The van der Waals surface area contributed by atoms with Crippen molar-refractivity contribution >= 4 is 38.9 Å². The molecule has 8 heteroatoms. The van der Waals surface area contributed by atoms with Crippen LogP contribution in [0.25, 0.3) is 0 Å². The van der Waals surface area contributed by atoms with Gasteiger partial charge < -0.3 is 9.47 Å². The normalized spacial score (nSPS) is 13.9. The number of nitrogens with one attached hydrogen (secondary N) is 1. The second-order valence-corrected chi connectivity index (χ2v) is 8.34. The van der Waals surface area contributed by atoms with Crippen LogP contribution >= 0.6 is 23.2 Å². The summed E-state index contributed by atoms with van der Waals surface area (Å²) in [6.45, 7) is 1.04. The third kappa shape index (κ3) is 4.55. The van der Waals surface area contributed by atoms with Crippen molar-refractivity contribution < 1.29 is 17.9 Å². The Labute approximate surface area is 163 Å². The topological polar surface area (TPSA) is 64.6 Å². The van der Waals surface area contributed by atoms with Crippen LogP contribution in [0.2, 0.25) is 5.02 Å². The highest BCUT2D eigenvalue weighted by Gasteiger charge is 2.19. The van der Waals surface area contributed by atoms with Crippen LogP contribution < -0.4 is 14.2 Å². The first-order chi connectivity index (χ1) is 12.5. The Balaban J connectivity index is 1.82. The van der Waals surface area contributed by atoms with E-state index in [2.05, 4.69) is 4.72 Å². The summed E-state index contributed by atoms with van der Waals surface area (Å²) in [6, 6.07) is 9.84. The summed E-state index contributed by atoms with van der Waals surface area (Å²) in [4.78, 5) is 0.162. The van der Waals surface area contributed by atoms with Crippen LogP contribution in [0.5, 0.6) is 11.5 Å². The molecule has 2 aromatic rings. The zero-order valence-corrected chi connectivity index (χ0v) is 16.3. The number of anilines is 1. The third-order valence-corrected chi connectivity index (χ3v) is 5.88. The maximum Gasteiger partial charge on any atom is 0.261 e. The number of hydrogen-bond acceptors (Lipinski definition) is 4. The largest absolute Gasteiger partial charge is 0.490 e. The first-order valence-corrected chi connectivity index (χ1v) is 10.7. The average molecular weight is 416 g/mol. The Kier molecular flexibility index (Phi) is 6.16. The lowest BCUT2D eigenvalue weighted by molar-refractivity contribution is 0.297. The van der Waals surface area contributed by atoms with E-state index in [1.165, 1.54) is 0 Å². The maximum absolute atomic E-state index is 12.7. The molecule has 0 saturated carbocycles. The lowest BCUT2D eigenvalue weighted by atomic mass is 10.1. The highest BCUT2D eigenvalue weighted by molar-refractivity contribution is 7.92. The van der Waals surface area contributed by atoms with Gasteiger partial charge in [-0.25, -0.2) is 8.42 Å². The molecule has 1 N–H and O–H groups in total. The number of fused-ring (bicyclic) bond motifs is 1. The molecule has 0 unspecified atom stereocenters. The molecule has 140 valence electrons. The van der Waals surface area contributed by atoms with E-state index < -0.39 is 10.0 Å². The van der Waals surface area contributed by atoms with Gasteiger partial charge in [0, 0.05) is 24.4 Å². The Hall–Kier alpha value is -1.63. The van der Waals surface area contributed by atoms with E-state index in [1.807, 2.05) is 0 Å². The summed E-state index contributed by atoms with van der Waals surface area (Å²) < 4.78 is 39.0. The Morgan fingerprint density at radius 3 is 2.35 bits per heavy atom. The van der Waals surface area contributed by atoms with Gasteiger partial charge in [-0.2, -0.15) is 0 Å². The molecule has 5 nitrogen and oxygen atoms in total. The van der Waals surface area contributed by atoms with Crippen molar-refractivity contribution in [1.82, 2.24) is 0 Å². The first-order valence-electron chi connectivity index (χ1n) is 8.26. The zero-order chi connectivity index (χ0) is 18.6. The van der Waals surface area contributed by atoms with Crippen LogP contribution in [0, 0.1) is 0 Å². The monoisotopic (exact) mass is 415 g/mol. The predicted molar refractivity (Wildman–Crippen MR) is 103 cm³/mol. The minimum atomic E-state index is -3.77. The van der Waals surface area contributed by atoms with E-state index in [9.17, 15) is 8.42 Å². The highest BCUT2D eigenvalue weighted by Crippen LogP contribution is 2.38. The third-order valence-electron chi connectivity index (χ3n) is 3.91. The van der Waals surface area contributed by atoms with E-state index in [0.717, 1.165) is 24.8 Å². The van der Waals surface area contributed by atoms with E-state index >= 15 is 0 Å². The van der Waals surface area contributed by atoms with E-state index in [-0.39, 0.29) is 15.6 Å². The molecule has 0 aromatic heterocycles. The second-order valence-electron chi connectivity index (χ2n) is 5.87. The number of benzene rings is 2. The lowest BCUT2D eigenvalue weighted by Gasteiger charge is -2.14. The molecular formula is C18H19Cl2NO4S. The Morgan fingerprint density at radius 1 is 1.04 bits per heavy atom. The van der Waals surface area contributed by atoms with Crippen LogP contribution in [-0.2, 0) is 16.4 Å². The van der Waals surface area contributed by atoms with Gasteiger partial charge in [0.25, 0.3) is 10.0 Å². The summed E-state index contributed by atoms with van der Waals surface area (Å²) in [7, 11) is -3.77. The number of halogens is 2. The van der Waals surface area contributed by atoms with Crippen LogP contribution in [0.4, 0.5) is 5.69 Å². The predicted octanol–water partition coefficient (Wildman–Crippen LogP) is 4.47. The minimum absolute atomic E-state index is 0.162. The van der Waals surface area contributed by atoms with Gasteiger partial charge >= 0.3 is 0 Å². The molecule has 3 rings (SSSR count). The van der Waals surface area contributed by atoms with Crippen molar-refractivity contribution in [2.75, 3.05) is 23.8 Å². The molecule has 2 aromatic carbocycles. The molecule has 0 radical (unpaired) electrons. The van der Waals surface area contributed by atoms with Gasteiger partial charge in [-0.05, 0) is 30.5 Å². The quantitative estimate of drug-likeness (QED) is 0.706. The van der Waals surface area contributed by atoms with Crippen molar-refractivity contribution in [2.45, 2.75) is 24.2 Å². The van der Waals surface area contributed by atoms with Gasteiger partial charge in [-0.15, -0.1) is 11.6 Å². The fraction of sp³-hybridized carbons (Fsp3) is 0.333. The molecule has 0 fully saturated rings. The number of hydrogen-bond donors (Lipinski definition) is 1. The standard InChI is InChI=1S/C18H19Cl2NO4S/c19-8-1-3-13-4-6-14(7-5-13)26(22,23)21-16-12-18-17(11-15(16)20)24-9-2-10-25-18/h4-7,11-12,21H,1-3,8-10H2. The zero-order valence-electron chi connectivity index (χ0n) is 14.0. The van der Waals surface area contributed by atoms with Crippen LogP contribution in [0.3, 0.4) is 0 Å². The van der Waals surface area contributed by atoms with Gasteiger partial charge in [-0.1, -0.05) is 23.7 Å². The number of aryl methyl sites for hydroxylation is 1. The number of sulfonamides is 1. The second kappa shape index (κ2) is 8.37. The SMILES string of the molecule is O=S(=O)(Nc1cc2c(cc1Cl)OCCCO2)c1ccc(CCCCl)cc1. The summed E-state index contributed by atoms with van der Waals surface area (Å²) in [5, 5.41) is 0.247. The van der Waals surface area contributed by atoms with Gasteiger partial charge in [0.15, 0.2) is 11.5 Å². The molecule has 0 amide bonds. The van der Waals surface area contributed by atoms with Gasteiger partial charge in [0.05, 0.1) is 28.8 Å². The van der Waals surface area contributed by atoms with E-state index in [4.69, 9.17) is 32.7 Å². The summed E-state index contributed by atoms with van der Waals surface area (Å²) >= 11 is 11.9. The summed E-state index contributed by atoms with van der Waals surface area (Å²) in [6.07, 6.45) is 2.41. The number of ether oxygens (including phenoxy) is 2. The fourth-order valence-corrected chi connectivity index (χ4v) is 4.03. The molecule has 0 bridgehead atoms. The molecule has 1 aliphatic heterocycles. The van der Waals surface area contributed by atoms with E-state index in [1.54, 1.807) is 36.4 Å². The number of rotatable bonds is 6. The molecule has 26 heavy (non-hydrogen) atoms. The Bertz CT molecular complexity index is 870. The van der Waals surface area contributed by atoms with Crippen molar-refractivity contribution in [3.05, 3.63) is 47.0 Å². The molecular weight excluding hydrogens is 397 g/mol. The fourth-order valence-electron chi connectivity index (χ4n) is 2.57. The first kappa shape index (κ1) is 19.1. The van der Waals surface area contributed by atoms with Crippen LogP contribution in [0.15, 0.2) is 41.3 Å². The summed E-state index contributed by atoms with van der Waals surface area (Å²) in [5.74, 6) is 1.56. The summed E-state index contributed by atoms with van der Waals surface area (Å²) in [5.41, 5.74) is 1.29. The van der Waals surface area contributed by atoms with E-state index in [0.29, 0.717) is 30.6 Å². The van der Waals surface area contributed by atoms with Crippen molar-refractivity contribution in [3.8, 4) is 11.5 Å². The maximum atomic E-state index is 12.7. The van der Waals surface area contributed by atoms with Crippen LogP contribution in [0.1, 0.15) is 18.4 Å². The van der Waals surface area contributed by atoms with Gasteiger partial charge in [0.2, 0.25) is 0 Å². The molecule has 0 atom stereocenters. The minimum Gasteiger partial charge on any atom is -0.490 e. The molecule has 0 saturated heterocycles. The molecule has 1 aliphatic rings. The lowest BCUT2D eigenvalue weighted by Crippen LogP contribution is -2.13. The molecule has 0 aliphatic carbocycles. The number of alkyl halides is 1. The smallest absolute Gasteiger partial charge is 0.261 e. The van der Waals surface area contributed by atoms with Crippen LogP contribution in [-0.4, -0.2) is 27.5 Å².